The molecule has 5 heteroatoms. The lowest BCUT2D eigenvalue weighted by molar-refractivity contribution is 0.0831. The highest BCUT2D eigenvalue weighted by Gasteiger charge is 2.18. The number of hydrogen-bond donors (Lipinski definition) is 0. The van der Waals surface area contributed by atoms with E-state index in [0.717, 1.165) is 33.7 Å². The average molecular weight is 431 g/mol. The zero-order valence-corrected chi connectivity index (χ0v) is 19.1. The number of benzene rings is 3. The zero-order valence-electron chi connectivity index (χ0n) is 18.3. The normalized spacial score (nSPS) is 11.1. The first kappa shape index (κ1) is 21.2. The molecule has 0 saturated carbocycles. The van der Waals surface area contributed by atoms with Crippen LogP contribution in [0.25, 0.3) is 11.0 Å². The Labute approximate surface area is 187 Å². The number of fused-ring (bicyclic) bond motifs is 1. The fraction of sp³-hybridized carbons (Fsp3) is 0.231. The van der Waals surface area contributed by atoms with Crippen LogP contribution in [0, 0.1) is 27.7 Å². The van der Waals surface area contributed by atoms with Gasteiger partial charge in [0.25, 0.3) is 5.91 Å². The van der Waals surface area contributed by atoms with E-state index in [1.54, 1.807) is 16.3 Å². The Morgan fingerprint density at radius 1 is 0.935 bits per heavy atom. The van der Waals surface area contributed by atoms with E-state index in [9.17, 15) is 4.79 Å². The van der Waals surface area contributed by atoms with E-state index in [1.165, 1.54) is 16.7 Å². The van der Waals surface area contributed by atoms with Crippen LogP contribution in [0.5, 0.6) is 5.75 Å². The summed E-state index contributed by atoms with van der Waals surface area (Å²) < 4.78 is 7.67. The summed E-state index contributed by atoms with van der Waals surface area (Å²) in [6.07, 6.45) is 0. The summed E-state index contributed by atoms with van der Waals surface area (Å²) in [6.45, 7) is 8.12. The first-order chi connectivity index (χ1) is 14.9. The van der Waals surface area contributed by atoms with Crippen molar-refractivity contribution in [2.45, 2.75) is 38.6 Å². The van der Waals surface area contributed by atoms with Crippen molar-refractivity contribution in [3.8, 4) is 5.75 Å². The van der Waals surface area contributed by atoms with Gasteiger partial charge in [-0.1, -0.05) is 71.4 Å². The van der Waals surface area contributed by atoms with Crippen LogP contribution >= 0.6 is 11.8 Å². The van der Waals surface area contributed by atoms with Crippen LogP contribution in [0.4, 0.5) is 0 Å². The van der Waals surface area contributed by atoms with E-state index in [1.807, 2.05) is 38.1 Å². The van der Waals surface area contributed by atoms with Crippen molar-refractivity contribution in [1.29, 1.82) is 0 Å². The molecule has 0 bridgehead atoms. The number of hydrogen-bond acceptors (Lipinski definition) is 4. The van der Waals surface area contributed by atoms with Crippen molar-refractivity contribution < 1.29 is 9.53 Å². The molecule has 4 rings (SSSR count). The van der Waals surface area contributed by atoms with Gasteiger partial charge in [0, 0.05) is 5.75 Å². The molecule has 0 aliphatic rings. The molecule has 1 heterocycles. The minimum Gasteiger partial charge on any atom is -0.483 e. The highest BCUT2D eigenvalue weighted by Crippen LogP contribution is 2.28. The Morgan fingerprint density at radius 2 is 1.61 bits per heavy atom. The van der Waals surface area contributed by atoms with Crippen molar-refractivity contribution in [1.82, 2.24) is 9.55 Å². The number of nitrogens with zero attached hydrogens (tertiary/aromatic N) is 2. The van der Waals surface area contributed by atoms with Gasteiger partial charge in [-0.3, -0.25) is 9.36 Å². The quantitative estimate of drug-likeness (QED) is 0.338. The minimum absolute atomic E-state index is 0.0385. The van der Waals surface area contributed by atoms with Gasteiger partial charge >= 0.3 is 0 Å². The molecule has 158 valence electrons. The summed E-state index contributed by atoms with van der Waals surface area (Å²) >= 11 is 1.57. The second-order valence-corrected chi connectivity index (χ2v) is 8.85. The van der Waals surface area contributed by atoms with E-state index in [-0.39, 0.29) is 12.5 Å². The van der Waals surface area contributed by atoms with Crippen LogP contribution in [-0.2, 0) is 5.75 Å². The molecular weight excluding hydrogens is 404 g/mol. The number of thioether (sulfide) groups is 1. The summed E-state index contributed by atoms with van der Waals surface area (Å²) in [5, 5.41) is 0.688. The number of aryl methyl sites for hydroxylation is 4. The van der Waals surface area contributed by atoms with Crippen LogP contribution in [0.3, 0.4) is 0 Å². The smallest absolute Gasteiger partial charge is 0.271 e. The molecule has 0 atom stereocenters. The monoisotopic (exact) mass is 430 g/mol. The summed E-state index contributed by atoms with van der Waals surface area (Å²) in [4.78, 5) is 18.0. The first-order valence-electron chi connectivity index (χ1n) is 10.3. The Kier molecular flexibility index (Phi) is 6.14. The zero-order chi connectivity index (χ0) is 22.0. The van der Waals surface area contributed by atoms with Crippen molar-refractivity contribution in [2.24, 2.45) is 0 Å². The van der Waals surface area contributed by atoms with Crippen molar-refractivity contribution in [3.05, 3.63) is 88.5 Å². The highest BCUT2D eigenvalue weighted by molar-refractivity contribution is 7.98. The minimum atomic E-state index is -0.125. The molecule has 1 aromatic heterocycles. The molecule has 0 saturated heterocycles. The van der Waals surface area contributed by atoms with Gasteiger partial charge < -0.3 is 4.74 Å². The molecule has 3 aromatic carbocycles. The fourth-order valence-corrected chi connectivity index (χ4v) is 4.75. The topological polar surface area (TPSA) is 44.1 Å². The van der Waals surface area contributed by atoms with Gasteiger partial charge in [-0.05, 0) is 56.5 Å². The maximum Gasteiger partial charge on any atom is 0.271 e. The lowest BCUT2D eigenvalue weighted by Crippen LogP contribution is -2.20. The van der Waals surface area contributed by atoms with Crippen LogP contribution in [0.15, 0.2) is 65.8 Å². The number of carbonyl (C=O) groups is 1. The summed E-state index contributed by atoms with van der Waals surface area (Å²) in [7, 11) is 0. The second kappa shape index (κ2) is 8.98. The number of imidazole rings is 1. The Bertz CT molecular complexity index is 1220. The second-order valence-electron chi connectivity index (χ2n) is 7.90. The molecule has 4 nitrogen and oxygen atoms in total. The Balaban J connectivity index is 1.59. The van der Waals surface area contributed by atoms with Gasteiger partial charge in [0.1, 0.15) is 5.75 Å². The third-order valence-electron chi connectivity index (χ3n) is 5.21. The molecule has 0 aliphatic carbocycles. The number of rotatable bonds is 6. The average Bonchev–Trinajstić information content (AvgIpc) is 3.11. The molecular formula is C26H26N2O2S. The van der Waals surface area contributed by atoms with Gasteiger partial charge in [0.15, 0.2) is 11.8 Å². The predicted octanol–water partition coefficient (Wildman–Crippen LogP) is 6.28. The largest absolute Gasteiger partial charge is 0.483 e. The van der Waals surface area contributed by atoms with E-state index >= 15 is 0 Å². The van der Waals surface area contributed by atoms with E-state index in [2.05, 4.69) is 50.2 Å². The van der Waals surface area contributed by atoms with Crippen LogP contribution in [0.1, 0.15) is 32.6 Å². The Morgan fingerprint density at radius 3 is 2.32 bits per heavy atom. The van der Waals surface area contributed by atoms with E-state index in [0.29, 0.717) is 5.16 Å². The summed E-state index contributed by atoms with van der Waals surface area (Å²) in [5.41, 5.74) is 7.30. The molecule has 0 N–H and O–H groups in total. The van der Waals surface area contributed by atoms with Crippen molar-refractivity contribution >= 4 is 28.7 Å². The maximum atomic E-state index is 13.2. The Hall–Kier alpha value is -3.05. The molecule has 4 aromatic rings. The lowest BCUT2D eigenvalue weighted by Gasteiger charge is -2.14. The van der Waals surface area contributed by atoms with E-state index < -0.39 is 0 Å². The first-order valence-corrected chi connectivity index (χ1v) is 11.3. The third-order valence-corrected chi connectivity index (χ3v) is 6.22. The highest BCUT2D eigenvalue weighted by atomic mass is 32.2. The van der Waals surface area contributed by atoms with Crippen LogP contribution in [0.2, 0.25) is 0 Å². The summed E-state index contributed by atoms with van der Waals surface area (Å²) in [5.74, 6) is 1.39. The lowest BCUT2D eigenvalue weighted by atomic mass is 10.1. The molecule has 0 unspecified atom stereocenters. The maximum absolute atomic E-state index is 13.2. The molecule has 31 heavy (non-hydrogen) atoms. The van der Waals surface area contributed by atoms with Crippen molar-refractivity contribution in [2.75, 3.05) is 6.61 Å². The SMILES string of the molecule is Cc1ccc(CSc2nc3ccccc3n2C(=O)COc2c(C)cc(C)cc2C)cc1. The molecule has 0 aliphatic heterocycles. The molecule has 0 radical (unpaired) electrons. The van der Waals surface area contributed by atoms with Crippen LogP contribution in [-0.4, -0.2) is 22.1 Å². The molecule has 0 amide bonds. The van der Waals surface area contributed by atoms with Gasteiger partial charge in [-0.2, -0.15) is 0 Å². The van der Waals surface area contributed by atoms with Crippen molar-refractivity contribution in [3.63, 3.8) is 0 Å². The van der Waals surface area contributed by atoms with E-state index in [4.69, 9.17) is 9.72 Å². The standard InChI is InChI=1S/C26H26N2O2S/c1-17-9-11-21(12-10-17)16-31-26-27-22-7-5-6-8-23(22)28(26)24(29)15-30-25-19(3)13-18(2)14-20(25)4/h5-14H,15-16H2,1-4H3. The fourth-order valence-electron chi connectivity index (χ4n) is 3.77. The molecule has 0 fully saturated rings. The number of aromatic nitrogens is 2. The number of ether oxygens (including phenoxy) is 1. The van der Waals surface area contributed by atoms with Gasteiger partial charge in [-0.25, -0.2) is 4.98 Å². The summed E-state index contributed by atoms with van der Waals surface area (Å²) in [6, 6.07) is 20.3. The van der Waals surface area contributed by atoms with Gasteiger partial charge in [-0.15, -0.1) is 0 Å². The van der Waals surface area contributed by atoms with Crippen LogP contribution < -0.4 is 4.74 Å². The number of carbonyl (C=O) groups excluding carboxylic acids is 1. The predicted molar refractivity (Wildman–Crippen MR) is 127 cm³/mol. The van der Waals surface area contributed by atoms with Gasteiger partial charge in [0.05, 0.1) is 11.0 Å². The van der Waals surface area contributed by atoms with Gasteiger partial charge in [0.2, 0.25) is 0 Å². The third kappa shape index (κ3) is 4.67. The molecule has 0 spiro atoms. The number of para-hydroxylation sites is 2.